The summed E-state index contributed by atoms with van der Waals surface area (Å²) < 4.78 is 5.96. The fraction of sp³-hybridized carbons (Fsp3) is 0.588. The van der Waals surface area contributed by atoms with E-state index in [4.69, 9.17) is 4.74 Å². The SMILES string of the molecule is CC(C)C1(C(C)C)Cc2cc(O)ccc2OC1(C)C(=O)O. The summed E-state index contributed by atoms with van der Waals surface area (Å²) in [7, 11) is 0. The molecule has 0 saturated heterocycles. The maximum atomic E-state index is 12.0. The van der Waals surface area contributed by atoms with Crippen molar-refractivity contribution in [3.8, 4) is 11.5 Å². The van der Waals surface area contributed by atoms with Crippen LogP contribution in [0, 0.1) is 17.3 Å². The molecule has 1 aromatic rings. The Morgan fingerprint density at radius 2 is 1.81 bits per heavy atom. The first kappa shape index (κ1) is 15.7. The van der Waals surface area contributed by atoms with Crippen LogP contribution in [0.3, 0.4) is 0 Å². The van der Waals surface area contributed by atoms with Crippen molar-refractivity contribution in [3.63, 3.8) is 0 Å². The number of hydrogen-bond acceptors (Lipinski definition) is 3. The number of aromatic hydroxyl groups is 1. The summed E-state index contributed by atoms with van der Waals surface area (Å²) >= 11 is 0. The summed E-state index contributed by atoms with van der Waals surface area (Å²) in [5, 5.41) is 19.5. The number of carbonyl (C=O) groups is 1. The van der Waals surface area contributed by atoms with Crippen LogP contribution in [0.4, 0.5) is 0 Å². The first-order valence-corrected chi connectivity index (χ1v) is 7.39. The number of phenols is 1. The average Bonchev–Trinajstić information content (AvgIpc) is 2.37. The van der Waals surface area contributed by atoms with E-state index in [0.717, 1.165) is 5.56 Å². The van der Waals surface area contributed by atoms with Crippen molar-refractivity contribution in [1.82, 2.24) is 0 Å². The minimum Gasteiger partial charge on any atom is -0.508 e. The second-order valence-corrected chi connectivity index (χ2v) is 6.76. The Bertz CT molecular complexity index is 554. The number of carboxylic acid groups (broad SMARTS) is 1. The zero-order valence-corrected chi connectivity index (χ0v) is 13.3. The van der Waals surface area contributed by atoms with E-state index in [1.165, 1.54) is 6.07 Å². The molecule has 0 fully saturated rings. The predicted octanol–water partition coefficient (Wildman–Crippen LogP) is 3.47. The fourth-order valence-corrected chi connectivity index (χ4v) is 4.02. The number of carboxylic acids is 1. The van der Waals surface area contributed by atoms with Crippen molar-refractivity contribution in [2.75, 3.05) is 0 Å². The normalized spacial score (nSPS) is 23.8. The fourth-order valence-electron chi connectivity index (χ4n) is 4.02. The summed E-state index contributed by atoms with van der Waals surface area (Å²) in [6, 6.07) is 4.85. The molecule has 0 saturated carbocycles. The summed E-state index contributed by atoms with van der Waals surface area (Å²) in [4.78, 5) is 12.0. The van der Waals surface area contributed by atoms with Gasteiger partial charge in [-0.1, -0.05) is 27.7 Å². The average molecular weight is 292 g/mol. The standard InChI is InChI=1S/C17H24O4/c1-10(2)17(11(3)4)9-12-8-13(18)6-7-14(12)21-16(17,5)15(19)20/h6-8,10-11,18H,9H2,1-5H3,(H,19,20). The molecule has 0 bridgehead atoms. The van der Waals surface area contributed by atoms with Crippen LogP contribution in [0.25, 0.3) is 0 Å². The van der Waals surface area contributed by atoms with Gasteiger partial charge in [0.1, 0.15) is 11.5 Å². The maximum absolute atomic E-state index is 12.0. The minimum atomic E-state index is -1.29. The molecule has 0 aromatic heterocycles. The monoisotopic (exact) mass is 292 g/mol. The van der Waals surface area contributed by atoms with Crippen molar-refractivity contribution < 1.29 is 19.7 Å². The number of fused-ring (bicyclic) bond motifs is 1. The van der Waals surface area contributed by atoms with Gasteiger partial charge in [0, 0.05) is 5.41 Å². The van der Waals surface area contributed by atoms with E-state index in [-0.39, 0.29) is 17.6 Å². The van der Waals surface area contributed by atoms with Crippen LogP contribution in [-0.4, -0.2) is 21.8 Å². The van der Waals surface area contributed by atoms with E-state index in [2.05, 4.69) is 0 Å². The van der Waals surface area contributed by atoms with Gasteiger partial charge in [-0.2, -0.15) is 0 Å². The molecule has 2 N–H and O–H groups in total. The second kappa shape index (κ2) is 4.93. The van der Waals surface area contributed by atoms with E-state index >= 15 is 0 Å². The minimum absolute atomic E-state index is 0.120. The summed E-state index contributed by atoms with van der Waals surface area (Å²) in [6.45, 7) is 9.83. The molecule has 0 radical (unpaired) electrons. The second-order valence-electron chi connectivity index (χ2n) is 6.76. The molecule has 4 heteroatoms. The first-order chi connectivity index (χ1) is 9.65. The van der Waals surface area contributed by atoms with Crippen molar-refractivity contribution >= 4 is 5.97 Å². The van der Waals surface area contributed by atoms with Gasteiger partial charge >= 0.3 is 5.97 Å². The van der Waals surface area contributed by atoms with Gasteiger partial charge in [-0.3, -0.25) is 0 Å². The third-order valence-electron chi connectivity index (χ3n) is 5.20. The van der Waals surface area contributed by atoms with Gasteiger partial charge in [-0.15, -0.1) is 0 Å². The molecule has 1 unspecified atom stereocenters. The van der Waals surface area contributed by atoms with Gasteiger partial charge in [0.25, 0.3) is 0 Å². The highest BCUT2D eigenvalue weighted by Crippen LogP contribution is 2.54. The van der Waals surface area contributed by atoms with E-state index in [1.54, 1.807) is 19.1 Å². The zero-order chi connectivity index (χ0) is 16.0. The highest BCUT2D eigenvalue weighted by Gasteiger charge is 2.61. The quantitative estimate of drug-likeness (QED) is 0.895. The van der Waals surface area contributed by atoms with E-state index in [9.17, 15) is 15.0 Å². The highest BCUT2D eigenvalue weighted by molar-refractivity contribution is 5.80. The number of ether oxygens (including phenoxy) is 1. The molecule has 0 aliphatic carbocycles. The topological polar surface area (TPSA) is 66.8 Å². The Morgan fingerprint density at radius 1 is 1.24 bits per heavy atom. The van der Waals surface area contributed by atoms with Gasteiger partial charge in [-0.05, 0) is 48.9 Å². The molecule has 1 aromatic carbocycles. The van der Waals surface area contributed by atoms with Gasteiger partial charge in [0.05, 0.1) is 0 Å². The van der Waals surface area contributed by atoms with Crippen molar-refractivity contribution in [2.24, 2.45) is 17.3 Å². The van der Waals surface area contributed by atoms with Crippen molar-refractivity contribution in [3.05, 3.63) is 23.8 Å². The molecule has 1 aliphatic heterocycles. The van der Waals surface area contributed by atoms with Gasteiger partial charge in [0.15, 0.2) is 0 Å². The van der Waals surface area contributed by atoms with Crippen LogP contribution in [0.15, 0.2) is 18.2 Å². The molecule has 116 valence electrons. The predicted molar refractivity (Wildman–Crippen MR) is 80.6 cm³/mol. The lowest BCUT2D eigenvalue weighted by atomic mass is 9.55. The summed E-state index contributed by atoms with van der Waals surface area (Å²) in [6.07, 6.45) is 0.578. The number of benzene rings is 1. The molecule has 21 heavy (non-hydrogen) atoms. The number of hydrogen-bond donors (Lipinski definition) is 2. The van der Waals surface area contributed by atoms with Crippen LogP contribution in [0.5, 0.6) is 11.5 Å². The van der Waals surface area contributed by atoms with Gasteiger partial charge in [-0.25, -0.2) is 4.79 Å². The molecule has 0 spiro atoms. The molecule has 1 atom stereocenters. The Kier molecular flexibility index (Phi) is 3.68. The molecule has 1 aliphatic rings. The van der Waals surface area contributed by atoms with Gasteiger partial charge in [0.2, 0.25) is 5.60 Å². The largest absolute Gasteiger partial charge is 0.508 e. The Hall–Kier alpha value is -1.71. The number of rotatable bonds is 3. The van der Waals surface area contributed by atoms with Crippen molar-refractivity contribution in [1.29, 1.82) is 0 Å². The molecule has 2 rings (SSSR count). The molecule has 4 nitrogen and oxygen atoms in total. The lowest BCUT2D eigenvalue weighted by molar-refractivity contribution is -0.182. The van der Waals surface area contributed by atoms with E-state index in [1.807, 2.05) is 27.7 Å². The lowest BCUT2D eigenvalue weighted by Crippen LogP contribution is -2.63. The van der Waals surface area contributed by atoms with Crippen molar-refractivity contribution in [2.45, 2.75) is 46.6 Å². The Morgan fingerprint density at radius 3 is 2.29 bits per heavy atom. The zero-order valence-electron chi connectivity index (χ0n) is 13.3. The van der Waals surface area contributed by atoms with Crippen LogP contribution < -0.4 is 4.74 Å². The first-order valence-electron chi connectivity index (χ1n) is 7.39. The van der Waals surface area contributed by atoms with E-state index < -0.39 is 17.0 Å². The Balaban J connectivity index is 2.69. The highest BCUT2D eigenvalue weighted by atomic mass is 16.5. The summed E-state index contributed by atoms with van der Waals surface area (Å²) in [5.74, 6) is 0.0270. The summed E-state index contributed by atoms with van der Waals surface area (Å²) in [5.41, 5.74) is -0.963. The molecular formula is C17H24O4. The maximum Gasteiger partial charge on any atom is 0.348 e. The number of phenolic OH excluding ortho intramolecular Hbond substituents is 1. The van der Waals surface area contributed by atoms with Crippen LogP contribution >= 0.6 is 0 Å². The van der Waals surface area contributed by atoms with Crippen LogP contribution in [0.2, 0.25) is 0 Å². The third kappa shape index (κ3) is 2.08. The van der Waals surface area contributed by atoms with E-state index in [0.29, 0.717) is 12.2 Å². The molecule has 1 heterocycles. The Labute approximate surface area is 125 Å². The third-order valence-corrected chi connectivity index (χ3v) is 5.20. The van der Waals surface area contributed by atoms with Gasteiger partial charge < -0.3 is 14.9 Å². The number of aliphatic carboxylic acids is 1. The van der Waals surface area contributed by atoms with Crippen LogP contribution in [0.1, 0.15) is 40.2 Å². The molecular weight excluding hydrogens is 268 g/mol. The smallest absolute Gasteiger partial charge is 0.348 e. The lowest BCUT2D eigenvalue weighted by Gasteiger charge is -2.54. The molecule has 0 amide bonds. The van der Waals surface area contributed by atoms with Crippen LogP contribution in [-0.2, 0) is 11.2 Å².